The SMILES string of the molecule is Cc1cc2c(NC3CCC(=O)N(C)C3=O)nc(Cl)nc2s1. The summed E-state index contributed by atoms with van der Waals surface area (Å²) in [5.41, 5.74) is 0. The van der Waals surface area contributed by atoms with E-state index in [1.807, 2.05) is 13.0 Å². The van der Waals surface area contributed by atoms with Gasteiger partial charge in [-0.2, -0.15) is 0 Å². The molecule has 0 aromatic carbocycles. The molecule has 0 aliphatic carbocycles. The Balaban J connectivity index is 1.94. The Bertz CT molecular complexity index is 745. The zero-order chi connectivity index (χ0) is 15.1. The molecule has 21 heavy (non-hydrogen) atoms. The van der Waals surface area contributed by atoms with Crippen molar-refractivity contribution < 1.29 is 9.59 Å². The lowest BCUT2D eigenvalue weighted by Crippen LogP contribution is -2.48. The van der Waals surface area contributed by atoms with Gasteiger partial charge in [-0.3, -0.25) is 14.5 Å². The minimum Gasteiger partial charge on any atom is -0.358 e. The number of thiophene rings is 1. The van der Waals surface area contributed by atoms with Crippen molar-refractivity contribution in [2.24, 2.45) is 0 Å². The Morgan fingerprint density at radius 1 is 1.43 bits per heavy atom. The third-order valence-electron chi connectivity index (χ3n) is 3.45. The molecule has 3 rings (SSSR count). The molecular formula is C13H13ClN4O2S. The van der Waals surface area contributed by atoms with Crippen LogP contribution in [-0.4, -0.2) is 39.8 Å². The molecule has 2 aromatic heterocycles. The zero-order valence-electron chi connectivity index (χ0n) is 11.5. The van der Waals surface area contributed by atoms with Gasteiger partial charge in [-0.05, 0) is 31.0 Å². The number of hydrogen-bond acceptors (Lipinski definition) is 6. The van der Waals surface area contributed by atoms with E-state index in [1.54, 1.807) is 0 Å². The first-order valence-corrected chi connectivity index (χ1v) is 7.66. The second-order valence-corrected chi connectivity index (χ2v) is 6.52. The van der Waals surface area contributed by atoms with Gasteiger partial charge in [0, 0.05) is 18.3 Å². The summed E-state index contributed by atoms with van der Waals surface area (Å²) in [6.07, 6.45) is 0.790. The second-order valence-electron chi connectivity index (χ2n) is 4.94. The van der Waals surface area contributed by atoms with E-state index in [-0.39, 0.29) is 17.1 Å². The quantitative estimate of drug-likeness (QED) is 0.677. The topological polar surface area (TPSA) is 75.2 Å². The van der Waals surface area contributed by atoms with E-state index in [0.717, 1.165) is 20.0 Å². The first-order valence-electron chi connectivity index (χ1n) is 6.46. The van der Waals surface area contributed by atoms with Crippen LogP contribution in [0.1, 0.15) is 17.7 Å². The number of carbonyl (C=O) groups is 2. The lowest BCUT2D eigenvalue weighted by molar-refractivity contribution is -0.146. The summed E-state index contributed by atoms with van der Waals surface area (Å²) in [7, 11) is 1.50. The summed E-state index contributed by atoms with van der Waals surface area (Å²) >= 11 is 7.45. The number of piperidine rings is 1. The normalized spacial score (nSPS) is 19.4. The molecule has 1 fully saturated rings. The van der Waals surface area contributed by atoms with Gasteiger partial charge in [0.2, 0.25) is 11.2 Å². The standard InChI is InChI=1S/C13H13ClN4O2S/c1-6-5-7-10(16-13(14)17-11(7)21-6)15-8-3-4-9(19)18(2)12(8)20/h5,8H,3-4H2,1-2H3,(H,15,16,17). The van der Waals surface area contributed by atoms with E-state index in [1.165, 1.54) is 18.4 Å². The van der Waals surface area contributed by atoms with Crippen LogP contribution in [0, 0.1) is 6.92 Å². The Morgan fingerprint density at radius 3 is 2.95 bits per heavy atom. The summed E-state index contributed by atoms with van der Waals surface area (Å²) in [6.45, 7) is 1.97. The first-order chi connectivity index (χ1) is 9.95. The summed E-state index contributed by atoms with van der Waals surface area (Å²) in [6, 6.07) is 1.49. The van der Waals surface area contributed by atoms with Crippen LogP contribution in [0.2, 0.25) is 5.28 Å². The number of anilines is 1. The molecule has 1 N–H and O–H groups in total. The van der Waals surface area contributed by atoms with Gasteiger partial charge in [0.1, 0.15) is 16.7 Å². The van der Waals surface area contributed by atoms with Crippen molar-refractivity contribution in [1.29, 1.82) is 0 Å². The lowest BCUT2D eigenvalue weighted by atomic mass is 10.0. The highest BCUT2D eigenvalue weighted by atomic mass is 35.5. The molecule has 1 atom stereocenters. The molecule has 6 nitrogen and oxygen atoms in total. The van der Waals surface area contributed by atoms with Gasteiger partial charge in [-0.15, -0.1) is 11.3 Å². The predicted molar refractivity (Wildman–Crippen MR) is 81.6 cm³/mol. The largest absolute Gasteiger partial charge is 0.358 e. The molecule has 2 amide bonds. The highest BCUT2D eigenvalue weighted by Gasteiger charge is 2.32. The van der Waals surface area contributed by atoms with Gasteiger partial charge in [0.15, 0.2) is 0 Å². The van der Waals surface area contributed by atoms with E-state index in [9.17, 15) is 9.59 Å². The molecular weight excluding hydrogens is 312 g/mol. The molecule has 1 aliphatic heterocycles. The highest BCUT2D eigenvalue weighted by Crippen LogP contribution is 2.30. The van der Waals surface area contributed by atoms with Crippen LogP contribution in [0.5, 0.6) is 0 Å². The van der Waals surface area contributed by atoms with Crippen LogP contribution in [0.4, 0.5) is 5.82 Å². The molecule has 0 saturated carbocycles. The maximum atomic E-state index is 12.1. The van der Waals surface area contributed by atoms with Crippen molar-refractivity contribution in [3.8, 4) is 0 Å². The van der Waals surface area contributed by atoms with E-state index < -0.39 is 6.04 Å². The predicted octanol–water partition coefficient (Wildman–Crippen LogP) is 2.21. The highest BCUT2D eigenvalue weighted by molar-refractivity contribution is 7.18. The molecule has 110 valence electrons. The summed E-state index contributed by atoms with van der Waals surface area (Å²) in [5, 5.41) is 4.09. The molecule has 0 bridgehead atoms. The number of amides is 2. The van der Waals surface area contributed by atoms with Crippen molar-refractivity contribution in [3.63, 3.8) is 0 Å². The minimum atomic E-state index is -0.470. The Labute approximate surface area is 130 Å². The molecule has 1 unspecified atom stereocenters. The van der Waals surface area contributed by atoms with Crippen LogP contribution in [-0.2, 0) is 9.59 Å². The van der Waals surface area contributed by atoms with Gasteiger partial charge in [0.05, 0.1) is 5.39 Å². The third-order valence-corrected chi connectivity index (χ3v) is 4.56. The molecule has 2 aromatic rings. The maximum Gasteiger partial charge on any atom is 0.251 e. The number of carbonyl (C=O) groups excluding carboxylic acids is 2. The Kier molecular flexibility index (Phi) is 3.54. The number of likely N-dealkylation sites (tertiary alicyclic amines) is 1. The number of fused-ring (bicyclic) bond motifs is 1. The van der Waals surface area contributed by atoms with Crippen LogP contribution in [0.25, 0.3) is 10.2 Å². The number of halogens is 1. The summed E-state index contributed by atoms with van der Waals surface area (Å²) in [4.78, 5) is 35.0. The number of aryl methyl sites for hydroxylation is 1. The van der Waals surface area contributed by atoms with Gasteiger partial charge in [-0.25, -0.2) is 9.97 Å². The summed E-state index contributed by atoms with van der Waals surface area (Å²) < 4.78 is 0. The van der Waals surface area contributed by atoms with Crippen molar-refractivity contribution in [2.75, 3.05) is 12.4 Å². The van der Waals surface area contributed by atoms with Crippen LogP contribution in [0.3, 0.4) is 0 Å². The monoisotopic (exact) mass is 324 g/mol. The fourth-order valence-electron chi connectivity index (χ4n) is 2.34. The van der Waals surface area contributed by atoms with Crippen molar-refractivity contribution >= 4 is 50.8 Å². The second kappa shape index (κ2) is 5.23. The van der Waals surface area contributed by atoms with Gasteiger partial charge >= 0.3 is 0 Å². The van der Waals surface area contributed by atoms with E-state index in [2.05, 4.69) is 15.3 Å². The fourth-order valence-corrected chi connectivity index (χ4v) is 3.44. The number of likely N-dealkylation sites (N-methyl/N-ethyl adjacent to an activating group) is 1. The van der Waals surface area contributed by atoms with Crippen molar-refractivity contribution in [3.05, 3.63) is 16.2 Å². The zero-order valence-corrected chi connectivity index (χ0v) is 13.1. The third kappa shape index (κ3) is 2.58. The lowest BCUT2D eigenvalue weighted by Gasteiger charge is -2.28. The van der Waals surface area contributed by atoms with Gasteiger partial charge in [-0.1, -0.05) is 0 Å². The van der Waals surface area contributed by atoms with Gasteiger partial charge < -0.3 is 5.32 Å². The van der Waals surface area contributed by atoms with Crippen LogP contribution >= 0.6 is 22.9 Å². The molecule has 0 spiro atoms. The molecule has 1 aliphatic rings. The molecule has 0 radical (unpaired) electrons. The molecule has 1 saturated heterocycles. The van der Waals surface area contributed by atoms with Crippen molar-refractivity contribution in [1.82, 2.24) is 14.9 Å². The van der Waals surface area contributed by atoms with E-state index >= 15 is 0 Å². The van der Waals surface area contributed by atoms with Crippen LogP contribution in [0.15, 0.2) is 6.07 Å². The number of nitrogens with zero attached hydrogens (tertiary/aromatic N) is 3. The average molecular weight is 325 g/mol. The number of rotatable bonds is 2. The minimum absolute atomic E-state index is 0.138. The fraction of sp³-hybridized carbons (Fsp3) is 0.385. The molecule has 8 heteroatoms. The number of aromatic nitrogens is 2. The number of imide groups is 1. The maximum absolute atomic E-state index is 12.1. The van der Waals surface area contributed by atoms with E-state index in [4.69, 9.17) is 11.6 Å². The summed E-state index contributed by atoms with van der Waals surface area (Å²) in [5.74, 6) is 0.131. The Hall–Kier alpha value is -1.73. The van der Waals surface area contributed by atoms with Crippen molar-refractivity contribution in [2.45, 2.75) is 25.8 Å². The smallest absolute Gasteiger partial charge is 0.251 e. The van der Waals surface area contributed by atoms with Gasteiger partial charge in [0.25, 0.3) is 5.91 Å². The Morgan fingerprint density at radius 2 is 2.19 bits per heavy atom. The van der Waals surface area contributed by atoms with E-state index in [0.29, 0.717) is 18.7 Å². The first kappa shape index (κ1) is 14.2. The molecule has 3 heterocycles. The van der Waals surface area contributed by atoms with Crippen LogP contribution < -0.4 is 5.32 Å². The number of hydrogen-bond donors (Lipinski definition) is 1. The average Bonchev–Trinajstić information content (AvgIpc) is 2.79. The number of nitrogens with one attached hydrogen (secondary N) is 1.